The summed E-state index contributed by atoms with van der Waals surface area (Å²) in [6.45, 7) is 3.80. The number of amides is 5. The maximum atomic E-state index is 13.3. The summed E-state index contributed by atoms with van der Waals surface area (Å²) in [6.07, 6.45) is 21.4. The Kier molecular flexibility index (Phi) is 35.7. The first-order valence-corrected chi connectivity index (χ1v) is 49.7. The fourth-order valence-corrected chi connectivity index (χ4v) is 19.5. The lowest BCUT2D eigenvalue weighted by atomic mass is 10.0. The maximum absolute atomic E-state index is 13.3. The Morgan fingerprint density at radius 3 is 0.993 bits per heavy atom. The maximum Gasteiger partial charge on any atom is 0.270 e. The summed E-state index contributed by atoms with van der Waals surface area (Å²) in [6, 6.07) is 57.7. The molecule has 0 spiro atoms. The fraction of sp³-hybridized carbons (Fsp3) is 0.221. The fourth-order valence-electron chi connectivity index (χ4n) is 13.3. The summed E-state index contributed by atoms with van der Waals surface area (Å²) >= 11 is 5.84. The van der Waals surface area contributed by atoms with E-state index < -0.39 is 104 Å². The second kappa shape index (κ2) is 46.9. The zero-order valence-electron chi connectivity index (χ0n) is 73.8. The molecule has 5 amide bonds. The van der Waals surface area contributed by atoms with Gasteiger partial charge in [-0.15, -0.1) is 0 Å². The SMILES string of the molecule is CC(F)(F)c1ccc(Oc2ccc(S(=O)(=O)N[C@@H]3CC=CCN(O)C3=O)cc2)cc1.CN([C@@H]1CC=CCN(O)C1=O)S(=O)(=O)c1ccc(Oc2ccc(Cl)cc2)cc1.CN1CC=CC[C@@H](NS(=O)(=O)c2ccc(Oc3ccccc3)cc2)C1=O.CN1CC=CC[C@@H](NS(=O)(=O)c2ccc(Oc3ccncc3)cc2)C1=O.Cc1ccc(-c2ccc(S(=O)(=O)N[C@@H]3CC=CCN(O)C3=O)cc2)cc1. The zero-order valence-corrected chi connectivity index (χ0v) is 78.6. The minimum Gasteiger partial charge on any atom is -0.457 e. The molecule has 0 bridgehead atoms. The van der Waals surface area contributed by atoms with Gasteiger partial charge in [0.15, 0.2) is 0 Å². The Bertz CT molecular complexity index is 6420. The van der Waals surface area contributed by atoms with Crippen LogP contribution in [0.1, 0.15) is 50.2 Å². The van der Waals surface area contributed by atoms with E-state index in [-0.39, 0.29) is 80.8 Å². The summed E-state index contributed by atoms with van der Waals surface area (Å²) in [4.78, 5) is 67.8. The molecule has 10 aromatic rings. The highest BCUT2D eigenvalue weighted by Gasteiger charge is 2.37. The zero-order chi connectivity index (χ0) is 98.1. The van der Waals surface area contributed by atoms with Crippen molar-refractivity contribution in [1.82, 2.24) is 53.2 Å². The van der Waals surface area contributed by atoms with Crippen LogP contribution in [0.2, 0.25) is 5.02 Å². The predicted octanol–water partition coefficient (Wildman–Crippen LogP) is 13.7. The molecule has 716 valence electrons. The number of likely N-dealkylation sites (N-methyl/N-ethyl adjacent to an activating group) is 3. The number of alkyl halides is 2. The van der Waals surface area contributed by atoms with Crippen LogP contribution >= 0.6 is 11.6 Å². The molecule has 0 aliphatic carbocycles. The topological polar surface area (TPSA) is 434 Å². The number of pyridine rings is 1. The van der Waals surface area contributed by atoms with Crippen molar-refractivity contribution >= 4 is 91.3 Å². The molecule has 0 saturated heterocycles. The van der Waals surface area contributed by atoms with Gasteiger partial charge in [0.2, 0.25) is 61.9 Å². The van der Waals surface area contributed by atoms with Crippen LogP contribution in [0, 0.1) is 6.92 Å². The summed E-state index contributed by atoms with van der Waals surface area (Å²) in [5, 5.41) is 30.9. The molecule has 0 radical (unpaired) electrons. The molecule has 6 heterocycles. The van der Waals surface area contributed by atoms with Crippen LogP contribution in [-0.4, -0.2) is 206 Å². The molecule has 7 N–H and O–H groups in total. The number of carbonyl (C=O) groups is 5. The Hall–Kier alpha value is -13.0. The van der Waals surface area contributed by atoms with Crippen LogP contribution < -0.4 is 37.8 Å². The van der Waals surface area contributed by atoms with Gasteiger partial charge in [-0.1, -0.05) is 133 Å². The van der Waals surface area contributed by atoms with Crippen molar-refractivity contribution in [3.63, 3.8) is 0 Å². The number of carbonyl (C=O) groups excluding carboxylic acids is 5. The molecule has 5 atom stereocenters. The smallest absolute Gasteiger partial charge is 0.270 e. The van der Waals surface area contributed by atoms with Gasteiger partial charge < -0.3 is 28.7 Å². The monoisotopic (exact) mass is 1980 g/mol. The number of hydrogen-bond acceptors (Lipinski definition) is 23. The highest BCUT2D eigenvalue weighted by Crippen LogP contribution is 2.34. The largest absolute Gasteiger partial charge is 0.457 e. The average Bonchev–Trinajstić information content (AvgIpc) is 1.19. The molecular formula is C95H98ClF2N11O22S5. The first-order valence-electron chi connectivity index (χ1n) is 41.9. The van der Waals surface area contributed by atoms with E-state index in [4.69, 9.17) is 30.5 Å². The highest BCUT2D eigenvalue weighted by molar-refractivity contribution is 7.90. The molecule has 0 saturated carbocycles. The second-order valence-electron chi connectivity index (χ2n) is 31.0. The Morgan fingerprint density at radius 1 is 0.360 bits per heavy atom. The van der Waals surface area contributed by atoms with Crippen molar-refractivity contribution in [1.29, 1.82) is 0 Å². The van der Waals surface area contributed by atoms with E-state index in [9.17, 15) is 90.5 Å². The van der Waals surface area contributed by atoms with E-state index in [1.165, 1.54) is 126 Å². The summed E-state index contributed by atoms with van der Waals surface area (Å²) in [7, 11) is -14.9. The Balaban J connectivity index is 0.000000163. The van der Waals surface area contributed by atoms with Crippen molar-refractivity contribution in [3.05, 3.63) is 326 Å². The normalized spacial score (nSPS) is 17.8. The summed E-state index contributed by atoms with van der Waals surface area (Å²) in [5.74, 6) is -1.59. The number of ether oxygens (including phenoxy) is 4. The van der Waals surface area contributed by atoms with E-state index >= 15 is 0 Å². The molecule has 0 fully saturated rings. The molecule has 41 heteroatoms. The number of aromatic nitrogens is 1. The van der Waals surface area contributed by atoms with Crippen LogP contribution in [0.3, 0.4) is 0 Å². The quantitative estimate of drug-likeness (QED) is 0.0206. The standard InChI is InChI=1S/C20H20F2N2O5S.C19H19ClN2O5S.2C19H20N2O4S.C18H19N3O4S/c1-20(21,22)14-5-7-15(8-6-14)29-16-9-11-17(12-10-16)30(27,28)23-18-4-2-3-13-24(26)19(18)25;1-21(18-4-2-3-13-22(24)19(18)23)28(25,26)17-11-9-16(10-12-17)27-15-7-5-14(20)6-8-15;1-14-5-7-15(8-6-14)16-9-11-17(12-10-16)26(24,25)20-18-4-2-3-13-21(23)19(18)22;1-21-14-6-5-9-18(19(21)22)20-26(23,24)17-12-10-16(11-13-17)25-15-7-3-2-4-8-15;1-21-13-3-2-4-17(18(21)22)20-26(23,24)16-7-5-14(6-8-16)25-15-9-11-19-12-10-15/h2-3,5-12,18,23,26H,4,13H2,1H3;2-3,5-12,18,24H,4,13H2,1H3;2-3,5-12,18,20,23H,4,13H2,1H3;2-8,10-13,18,20H,9,14H2,1H3;2-3,5-12,17,20H,4,13H2,1H3/t4*18-;17-/m11111/s1. The number of para-hydroxylation sites is 1. The van der Waals surface area contributed by atoms with Gasteiger partial charge in [-0.3, -0.25) is 44.6 Å². The molecule has 136 heavy (non-hydrogen) atoms. The Labute approximate surface area is 792 Å². The van der Waals surface area contributed by atoms with E-state index in [1.54, 1.807) is 142 Å². The van der Waals surface area contributed by atoms with Crippen molar-refractivity contribution in [2.45, 2.75) is 107 Å². The lowest BCUT2D eigenvalue weighted by Crippen LogP contribution is -2.47. The molecular weight excluding hydrogens is 1880 g/mol. The van der Waals surface area contributed by atoms with Crippen molar-refractivity contribution < 1.29 is 109 Å². The van der Waals surface area contributed by atoms with E-state index in [0.29, 0.717) is 92.1 Å². The van der Waals surface area contributed by atoms with Crippen molar-refractivity contribution in [2.24, 2.45) is 0 Å². The van der Waals surface area contributed by atoms with Gasteiger partial charge in [0.1, 0.15) is 76.2 Å². The minimum absolute atomic E-state index is 0.0139. The third kappa shape index (κ3) is 29.2. The molecule has 5 aliphatic rings. The molecule has 33 nitrogen and oxygen atoms in total. The summed E-state index contributed by atoms with van der Waals surface area (Å²) < 4.78 is 186. The number of nitrogens with zero attached hydrogens (tertiary/aromatic N) is 7. The van der Waals surface area contributed by atoms with Crippen LogP contribution in [0.5, 0.6) is 46.0 Å². The average molecular weight is 1980 g/mol. The van der Waals surface area contributed by atoms with E-state index in [2.05, 4.69) is 23.9 Å². The number of nitrogens with one attached hydrogen (secondary N) is 4. The molecule has 0 unspecified atom stereocenters. The first kappa shape index (κ1) is 103. The minimum atomic E-state index is -4.03. The number of benzene rings is 9. The number of hydroxylamine groups is 6. The van der Waals surface area contributed by atoms with Gasteiger partial charge >= 0.3 is 0 Å². The van der Waals surface area contributed by atoms with Crippen LogP contribution in [0.15, 0.2) is 334 Å². The van der Waals surface area contributed by atoms with Gasteiger partial charge in [-0.05, 0) is 232 Å². The van der Waals surface area contributed by atoms with Crippen molar-refractivity contribution in [3.8, 4) is 57.1 Å². The first-order chi connectivity index (χ1) is 64.6. The van der Waals surface area contributed by atoms with Gasteiger partial charge in [0.25, 0.3) is 23.6 Å². The number of halogens is 3. The molecule has 1 aromatic heterocycles. The van der Waals surface area contributed by atoms with Gasteiger partial charge in [0.05, 0.1) is 44.1 Å². The predicted molar refractivity (Wildman–Crippen MR) is 501 cm³/mol. The molecule has 5 aliphatic heterocycles. The lowest BCUT2D eigenvalue weighted by molar-refractivity contribution is -0.166. The second-order valence-corrected chi connectivity index (χ2v) is 40.3. The molecule has 9 aromatic carbocycles. The van der Waals surface area contributed by atoms with Gasteiger partial charge in [-0.2, -0.15) is 23.2 Å². The highest BCUT2D eigenvalue weighted by atomic mass is 35.5. The van der Waals surface area contributed by atoms with E-state index in [0.717, 1.165) is 27.9 Å². The number of aryl methyl sites for hydroxylation is 1. The molecule has 15 rings (SSSR count). The third-order valence-electron chi connectivity index (χ3n) is 20.9. The number of hydrogen-bond donors (Lipinski definition) is 7. The van der Waals surface area contributed by atoms with Crippen LogP contribution in [0.25, 0.3) is 11.1 Å². The van der Waals surface area contributed by atoms with Gasteiger partial charge in [-0.25, -0.2) is 66.1 Å². The van der Waals surface area contributed by atoms with Crippen molar-refractivity contribution in [2.75, 3.05) is 53.9 Å². The number of sulfonamides is 5. The third-order valence-corrected chi connectivity index (χ3v) is 28.9. The Morgan fingerprint density at radius 2 is 0.640 bits per heavy atom. The van der Waals surface area contributed by atoms with Crippen LogP contribution in [0.4, 0.5) is 8.78 Å². The lowest BCUT2D eigenvalue weighted by Gasteiger charge is -2.26. The summed E-state index contributed by atoms with van der Waals surface area (Å²) in [5.41, 5.74) is 2.90. The van der Waals surface area contributed by atoms with E-state index in [1.807, 2.05) is 79.7 Å². The van der Waals surface area contributed by atoms with Crippen LogP contribution in [-0.2, 0) is 80.0 Å². The van der Waals surface area contributed by atoms with Gasteiger partial charge in [0, 0.05) is 64.1 Å². The number of rotatable bonds is 25.